The second kappa shape index (κ2) is 4.19. The second-order valence-electron chi connectivity index (χ2n) is 3.70. The molecular formula is C16H14. The molecule has 0 aromatic heterocycles. The Hall–Kier alpha value is -2.08. The molecule has 0 aliphatic carbocycles. The van der Waals surface area contributed by atoms with Gasteiger partial charge in [-0.3, -0.25) is 0 Å². The second-order valence-corrected chi connectivity index (χ2v) is 3.70. The smallest absolute Gasteiger partial charge is 0.0111 e. The molecule has 2 aromatic rings. The Labute approximate surface area is 96.2 Å². The summed E-state index contributed by atoms with van der Waals surface area (Å²) in [5.74, 6) is 0. The van der Waals surface area contributed by atoms with Crippen LogP contribution >= 0.6 is 0 Å². The van der Waals surface area contributed by atoms with Gasteiger partial charge in [0.25, 0.3) is 0 Å². The van der Waals surface area contributed by atoms with Crippen molar-refractivity contribution in [3.05, 3.63) is 66.8 Å². The number of hydrogen-bond donors (Lipinski definition) is 0. The summed E-state index contributed by atoms with van der Waals surface area (Å²) in [6.07, 6.45) is 5.59. The van der Waals surface area contributed by atoms with Crippen molar-refractivity contribution < 1.29 is 0 Å². The van der Waals surface area contributed by atoms with Gasteiger partial charge in [0.1, 0.15) is 0 Å². The van der Waals surface area contributed by atoms with E-state index in [-0.39, 0.29) is 0 Å². The van der Waals surface area contributed by atoms with Gasteiger partial charge >= 0.3 is 0 Å². The first-order valence-corrected chi connectivity index (χ1v) is 5.23. The molecule has 2 aromatic carbocycles. The van der Waals surface area contributed by atoms with Crippen LogP contribution in [-0.2, 0) is 0 Å². The van der Waals surface area contributed by atoms with Crippen LogP contribution in [0.4, 0.5) is 0 Å². The van der Waals surface area contributed by atoms with Crippen LogP contribution in [0, 0.1) is 0 Å². The molecule has 0 atom stereocenters. The fourth-order valence-electron chi connectivity index (χ4n) is 1.86. The average Bonchev–Trinajstić information content (AvgIpc) is 2.36. The highest BCUT2D eigenvalue weighted by Crippen LogP contribution is 2.24. The summed E-state index contributed by atoms with van der Waals surface area (Å²) < 4.78 is 0. The predicted octanol–water partition coefficient (Wildman–Crippen LogP) is 4.77. The molecule has 0 amide bonds. The zero-order valence-corrected chi connectivity index (χ0v) is 9.24. The van der Waals surface area contributed by atoms with Gasteiger partial charge in [-0.1, -0.05) is 50.1 Å². The molecular weight excluding hydrogens is 192 g/mol. The molecule has 0 radical (unpaired) electrons. The van der Waals surface area contributed by atoms with Crippen molar-refractivity contribution in [2.75, 3.05) is 0 Å². The molecule has 0 nitrogen and oxygen atoms in total. The topological polar surface area (TPSA) is 0 Å². The highest BCUT2D eigenvalue weighted by atomic mass is 14.0. The lowest BCUT2D eigenvalue weighted by atomic mass is 9.99. The van der Waals surface area contributed by atoms with Crippen molar-refractivity contribution in [3.8, 4) is 0 Å². The molecule has 0 aliphatic rings. The largest absolute Gasteiger partial charge is 0.0985 e. The first kappa shape index (κ1) is 10.4. The molecule has 0 saturated heterocycles. The van der Waals surface area contributed by atoms with Crippen LogP contribution in [0.25, 0.3) is 29.0 Å². The molecule has 0 unspecified atom stereocenters. The zero-order valence-electron chi connectivity index (χ0n) is 9.24. The normalized spacial score (nSPS) is 10.0. The molecule has 0 heterocycles. The van der Waals surface area contributed by atoms with Crippen molar-refractivity contribution in [1.29, 1.82) is 0 Å². The number of hydrogen-bond acceptors (Lipinski definition) is 0. The first-order valence-electron chi connectivity index (χ1n) is 5.23. The lowest BCUT2D eigenvalue weighted by Crippen LogP contribution is -1.82. The monoisotopic (exact) mass is 206 g/mol. The molecule has 0 heteroatoms. The van der Waals surface area contributed by atoms with Crippen LogP contribution in [0.1, 0.15) is 16.7 Å². The van der Waals surface area contributed by atoms with Gasteiger partial charge in [-0.15, -0.1) is 0 Å². The van der Waals surface area contributed by atoms with Crippen LogP contribution < -0.4 is 0 Å². The summed E-state index contributed by atoms with van der Waals surface area (Å²) in [4.78, 5) is 0. The van der Waals surface area contributed by atoms with E-state index in [9.17, 15) is 0 Å². The first-order chi connectivity index (χ1) is 7.78. The van der Waals surface area contributed by atoms with Crippen molar-refractivity contribution in [1.82, 2.24) is 0 Å². The predicted molar refractivity (Wildman–Crippen MR) is 74.2 cm³/mol. The molecule has 16 heavy (non-hydrogen) atoms. The highest BCUT2D eigenvalue weighted by Gasteiger charge is 2.00. The van der Waals surface area contributed by atoms with Gasteiger partial charge < -0.3 is 0 Å². The van der Waals surface area contributed by atoms with Crippen LogP contribution in [0.15, 0.2) is 50.1 Å². The maximum atomic E-state index is 3.84. The third-order valence-electron chi connectivity index (χ3n) is 2.72. The van der Waals surface area contributed by atoms with E-state index in [0.29, 0.717) is 0 Å². The highest BCUT2D eigenvalue weighted by molar-refractivity contribution is 5.93. The van der Waals surface area contributed by atoms with Crippen molar-refractivity contribution >= 4 is 29.0 Å². The van der Waals surface area contributed by atoms with Crippen LogP contribution in [-0.4, -0.2) is 0 Å². The number of benzene rings is 2. The summed E-state index contributed by atoms with van der Waals surface area (Å²) >= 11 is 0. The van der Waals surface area contributed by atoms with Gasteiger partial charge in [0, 0.05) is 0 Å². The molecule has 0 fully saturated rings. The van der Waals surface area contributed by atoms with E-state index in [1.807, 2.05) is 18.2 Å². The zero-order chi connectivity index (χ0) is 11.5. The number of fused-ring (bicyclic) bond motifs is 1. The van der Waals surface area contributed by atoms with Crippen molar-refractivity contribution in [2.24, 2.45) is 0 Å². The Bertz CT molecular complexity index is 569. The van der Waals surface area contributed by atoms with E-state index < -0.39 is 0 Å². The molecule has 78 valence electrons. The standard InChI is InChI=1S/C16H14/c1-4-12-7-8-16-14(6-3)10-13(5-2)11-15(16)9-12/h4-11H,1-3H2. The van der Waals surface area contributed by atoms with Gasteiger partial charge in [-0.25, -0.2) is 0 Å². The molecule has 0 N–H and O–H groups in total. The molecule has 0 aliphatic heterocycles. The Morgan fingerprint density at radius 3 is 2.06 bits per heavy atom. The van der Waals surface area contributed by atoms with Crippen LogP contribution in [0.2, 0.25) is 0 Å². The Morgan fingerprint density at radius 1 is 0.750 bits per heavy atom. The van der Waals surface area contributed by atoms with E-state index in [1.165, 1.54) is 10.8 Å². The maximum absolute atomic E-state index is 3.84. The van der Waals surface area contributed by atoms with Gasteiger partial charge in [-0.05, 0) is 45.7 Å². The van der Waals surface area contributed by atoms with Crippen molar-refractivity contribution in [3.63, 3.8) is 0 Å². The fourth-order valence-corrected chi connectivity index (χ4v) is 1.86. The van der Waals surface area contributed by atoms with Crippen molar-refractivity contribution in [2.45, 2.75) is 0 Å². The van der Waals surface area contributed by atoms with E-state index >= 15 is 0 Å². The SMILES string of the molecule is C=Cc1ccc2c(C=C)cc(C=C)cc2c1. The summed E-state index contributed by atoms with van der Waals surface area (Å²) in [7, 11) is 0. The minimum atomic E-state index is 1.11. The Balaban J connectivity index is 2.83. The quantitative estimate of drug-likeness (QED) is 0.678. The fraction of sp³-hybridized carbons (Fsp3) is 0. The van der Waals surface area contributed by atoms with Crippen LogP contribution in [0.5, 0.6) is 0 Å². The van der Waals surface area contributed by atoms with Gasteiger partial charge in [0.15, 0.2) is 0 Å². The lowest BCUT2D eigenvalue weighted by molar-refractivity contribution is 1.66. The maximum Gasteiger partial charge on any atom is -0.0111 e. The third kappa shape index (κ3) is 1.70. The molecule has 0 spiro atoms. The third-order valence-corrected chi connectivity index (χ3v) is 2.72. The van der Waals surface area contributed by atoms with Gasteiger partial charge in [0.05, 0.1) is 0 Å². The lowest BCUT2D eigenvalue weighted by Gasteiger charge is -2.06. The Morgan fingerprint density at radius 2 is 1.44 bits per heavy atom. The molecule has 0 bridgehead atoms. The minimum absolute atomic E-state index is 1.11. The summed E-state index contributed by atoms with van der Waals surface area (Å²) in [5, 5.41) is 2.41. The van der Waals surface area contributed by atoms with E-state index in [0.717, 1.165) is 16.7 Å². The van der Waals surface area contributed by atoms with Gasteiger partial charge in [0.2, 0.25) is 0 Å². The summed E-state index contributed by atoms with van der Waals surface area (Å²) in [6, 6.07) is 10.5. The van der Waals surface area contributed by atoms with E-state index in [1.54, 1.807) is 0 Å². The number of rotatable bonds is 3. The summed E-state index contributed by atoms with van der Waals surface area (Å²) in [6.45, 7) is 11.4. The molecule has 2 rings (SSSR count). The summed E-state index contributed by atoms with van der Waals surface area (Å²) in [5.41, 5.74) is 3.38. The van der Waals surface area contributed by atoms with Gasteiger partial charge in [-0.2, -0.15) is 0 Å². The molecule has 0 saturated carbocycles. The minimum Gasteiger partial charge on any atom is -0.0985 e. The van der Waals surface area contributed by atoms with E-state index in [4.69, 9.17) is 0 Å². The van der Waals surface area contributed by atoms with Crippen LogP contribution in [0.3, 0.4) is 0 Å². The Kier molecular flexibility index (Phi) is 2.74. The van der Waals surface area contributed by atoms with E-state index in [2.05, 4.69) is 50.1 Å². The average molecular weight is 206 g/mol.